The van der Waals surface area contributed by atoms with Gasteiger partial charge in [-0.15, -0.1) is 0 Å². The summed E-state index contributed by atoms with van der Waals surface area (Å²) in [6.45, 7) is 2.11. The third-order valence-electron chi connectivity index (χ3n) is 2.34. The molecule has 0 amide bonds. The molecule has 80 valence electrons. The molecule has 0 aliphatic carbocycles. The number of hydrogen-bond acceptors (Lipinski definition) is 3. The summed E-state index contributed by atoms with van der Waals surface area (Å²) in [5, 5.41) is 8.54. The number of nitrogen functional groups attached to an aromatic ring is 1. The van der Waals surface area contributed by atoms with Crippen molar-refractivity contribution in [3.05, 3.63) is 24.2 Å². The zero-order chi connectivity index (χ0) is 10.8. The Kier molecular flexibility index (Phi) is 2.45. The Morgan fingerprint density at radius 2 is 2.27 bits per heavy atom. The van der Waals surface area contributed by atoms with Gasteiger partial charge < -0.3 is 5.73 Å². The first-order valence-electron chi connectivity index (χ1n) is 5.05. The summed E-state index contributed by atoms with van der Waals surface area (Å²) in [4.78, 5) is 0. The van der Waals surface area contributed by atoms with Crippen LogP contribution in [0.15, 0.2) is 18.5 Å². The monoisotopic (exact) mass is 205 g/mol. The molecule has 0 unspecified atom stereocenters. The number of aromatic nitrogens is 4. The standard InChI is InChI=1S/C10H15N5/c1-3-5-8-9(11)10(14(2)13-8)15-7-4-6-12-15/h4,6-7H,3,5,11H2,1-2H3. The minimum atomic E-state index is 0.725. The summed E-state index contributed by atoms with van der Waals surface area (Å²) in [6.07, 6.45) is 5.54. The molecule has 0 radical (unpaired) electrons. The fourth-order valence-corrected chi connectivity index (χ4v) is 1.67. The van der Waals surface area contributed by atoms with Gasteiger partial charge >= 0.3 is 0 Å². The number of anilines is 1. The molecule has 5 nitrogen and oxygen atoms in total. The quantitative estimate of drug-likeness (QED) is 0.817. The molecule has 0 bridgehead atoms. The van der Waals surface area contributed by atoms with Gasteiger partial charge in [0, 0.05) is 19.4 Å². The largest absolute Gasteiger partial charge is 0.394 e. The molecule has 2 N–H and O–H groups in total. The number of aryl methyl sites for hydroxylation is 2. The van der Waals surface area contributed by atoms with E-state index in [1.165, 1.54) is 0 Å². The van der Waals surface area contributed by atoms with Crippen molar-refractivity contribution in [2.24, 2.45) is 7.05 Å². The molecule has 2 aromatic heterocycles. The van der Waals surface area contributed by atoms with Crippen LogP contribution in [0.3, 0.4) is 0 Å². The van der Waals surface area contributed by atoms with E-state index in [0.29, 0.717) is 0 Å². The fraction of sp³-hybridized carbons (Fsp3) is 0.400. The number of hydrogen-bond donors (Lipinski definition) is 1. The molecule has 0 fully saturated rings. The molecule has 0 spiro atoms. The summed E-state index contributed by atoms with van der Waals surface area (Å²) in [5.74, 6) is 0.837. The van der Waals surface area contributed by atoms with Crippen LogP contribution in [0.4, 0.5) is 5.69 Å². The van der Waals surface area contributed by atoms with E-state index in [0.717, 1.165) is 30.0 Å². The molecule has 2 heterocycles. The third kappa shape index (κ3) is 1.60. The Bertz CT molecular complexity index is 441. The van der Waals surface area contributed by atoms with Gasteiger partial charge in [0.05, 0.1) is 5.69 Å². The lowest BCUT2D eigenvalue weighted by atomic mass is 10.2. The SMILES string of the molecule is CCCc1nn(C)c(-n2cccn2)c1N. The Hall–Kier alpha value is -1.78. The van der Waals surface area contributed by atoms with E-state index in [9.17, 15) is 0 Å². The molecule has 0 aliphatic heterocycles. The van der Waals surface area contributed by atoms with Crippen LogP contribution in [0.5, 0.6) is 0 Å². The average molecular weight is 205 g/mol. The minimum Gasteiger partial charge on any atom is -0.394 e. The van der Waals surface area contributed by atoms with Crippen molar-refractivity contribution in [1.82, 2.24) is 19.6 Å². The first-order chi connectivity index (χ1) is 7.24. The minimum absolute atomic E-state index is 0.725. The van der Waals surface area contributed by atoms with Crippen LogP contribution in [0.1, 0.15) is 19.0 Å². The van der Waals surface area contributed by atoms with Crippen molar-refractivity contribution in [2.45, 2.75) is 19.8 Å². The topological polar surface area (TPSA) is 61.7 Å². The maximum Gasteiger partial charge on any atom is 0.175 e. The fourth-order valence-electron chi connectivity index (χ4n) is 1.67. The van der Waals surface area contributed by atoms with Crippen LogP contribution < -0.4 is 5.73 Å². The maximum atomic E-state index is 6.04. The zero-order valence-corrected chi connectivity index (χ0v) is 9.01. The molecule has 0 saturated carbocycles. The Morgan fingerprint density at radius 1 is 1.47 bits per heavy atom. The van der Waals surface area contributed by atoms with Gasteiger partial charge in [-0.25, -0.2) is 9.36 Å². The van der Waals surface area contributed by atoms with E-state index in [1.54, 1.807) is 15.6 Å². The van der Waals surface area contributed by atoms with Crippen molar-refractivity contribution in [3.63, 3.8) is 0 Å². The molecule has 2 rings (SSSR count). The highest BCUT2D eigenvalue weighted by Gasteiger charge is 2.13. The van der Waals surface area contributed by atoms with Crippen LogP contribution >= 0.6 is 0 Å². The van der Waals surface area contributed by atoms with Gasteiger partial charge in [0.15, 0.2) is 5.82 Å². The second-order valence-electron chi connectivity index (χ2n) is 3.51. The van der Waals surface area contributed by atoms with Crippen molar-refractivity contribution >= 4 is 5.69 Å². The normalized spacial score (nSPS) is 10.8. The highest BCUT2D eigenvalue weighted by atomic mass is 15.4. The maximum absolute atomic E-state index is 6.04. The van der Waals surface area contributed by atoms with Crippen LogP contribution in [0, 0.1) is 0 Å². The number of nitrogens with two attached hydrogens (primary N) is 1. The Morgan fingerprint density at radius 3 is 2.87 bits per heavy atom. The van der Waals surface area contributed by atoms with Gasteiger partial charge in [-0.1, -0.05) is 13.3 Å². The zero-order valence-electron chi connectivity index (χ0n) is 9.01. The van der Waals surface area contributed by atoms with Crippen molar-refractivity contribution < 1.29 is 0 Å². The second-order valence-corrected chi connectivity index (χ2v) is 3.51. The van der Waals surface area contributed by atoms with Crippen LogP contribution in [0.25, 0.3) is 5.82 Å². The van der Waals surface area contributed by atoms with E-state index >= 15 is 0 Å². The molecular formula is C10H15N5. The van der Waals surface area contributed by atoms with Gasteiger partial charge in [0.1, 0.15) is 5.69 Å². The van der Waals surface area contributed by atoms with E-state index in [2.05, 4.69) is 17.1 Å². The molecule has 5 heteroatoms. The number of nitrogens with zero attached hydrogens (tertiary/aromatic N) is 4. The Balaban J connectivity index is 2.48. The molecule has 0 aliphatic rings. The summed E-state index contributed by atoms with van der Waals surface area (Å²) in [6, 6.07) is 1.87. The highest BCUT2D eigenvalue weighted by Crippen LogP contribution is 2.20. The van der Waals surface area contributed by atoms with E-state index < -0.39 is 0 Å². The Labute approximate surface area is 88.5 Å². The lowest BCUT2D eigenvalue weighted by molar-refractivity contribution is 0.685. The van der Waals surface area contributed by atoms with Crippen molar-refractivity contribution in [2.75, 3.05) is 5.73 Å². The first-order valence-corrected chi connectivity index (χ1v) is 5.05. The van der Waals surface area contributed by atoms with E-state index in [4.69, 9.17) is 5.73 Å². The highest BCUT2D eigenvalue weighted by molar-refractivity contribution is 5.57. The molecular weight excluding hydrogens is 190 g/mol. The molecule has 2 aromatic rings. The van der Waals surface area contributed by atoms with Crippen molar-refractivity contribution in [3.8, 4) is 5.82 Å². The summed E-state index contributed by atoms with van der Waals surface area (Å²) < 4.78 is 3.51. The van der Waals surface area contributed by atoms with E-state index in [1.807, 2.05) is 19.3 Å². The average Bonchev–Trinajstić information content (AvgIpc) is 2.77. The summed E-state index contributed by atoms with van der Waals surface area (Å²) >= 11 is 0. The third-order valence-corrected chi connectivity index (χ3v) is 2.34. The van der Waals surface area contributed by atoms with Crippen LogP contribution in [-0.4, -0.2) is 19.6 Å². The smallest absolute Gasteiger partial charge is 0.175 e. The molecule has 0 aromatic carbocycles. The van der Waals surface area contributed by atoms with E-state index in [-0.39, 0.29) is 0 Å². The molecule has 15 heavy (non-hydrogen) atoms. The summed E-state index contributed by atoms with van der Waals surface area (Å²) in [7, 11) is 1.88. The lowest BCUT2D eigenvalue weighted by Crippen LogP contribution is -2.05. The predicted octanol–water partition coefficient (Wildman–Crippen LogP) is 1.14. The predicted molar refractivity (Wildman–Crippen MR) is 58.7 cm³/mol. The summed E-state index contributed by atoms with van der Waals surface area (Å²) in [5.41, 5.74) is 7.71. The lowest BCUT2D eigenvalue weighted by Gasteiger charge is -2.02. The first kappa shape index (κ1) is 9.76. The second kappa shape index (κ2) is 3.76. The molecule has 0 atom stereocenters. The van der Waals surface area contributed by atoms with Gasteiger partial charge in [0.25, 0.3) is 0 Å². The van der Waals surface area contributed by atoms with Crippen molar-refractivity contribution in [1.29, 1.82) is 0 Å². The molecule has 0 saturated heterocycles. The van der Waals surface area contributed by atoms with Crippen LogP contribution in [0.2, 0.25) is 0 Å². The van der Waals surface area contributed by atoms with Crippen LogP contribution in [-0.2, 0) is 13.5 Å². The van der Waals surface area contributed by atoms with Gasteiger partial charge in [0.2, 0.25) is 0 Å². The van der Waals surface area contributed by atoms with Gasteiger partial charge in [-0.05, 0) is 12.5 Å². The van der Waals surface area contributed by atoms with Gasteiger partial charge in [-0.2, -0.15) is 10.2 Å². The van der Waals surface area contributed by atoms with Gasteiger partial charge in [-0.3, -0.25) is 0 Å². The number of rotatable bonds is 3.